The molecule has 0 atom stereocenters. The van der Waals surface area contributed by atoms with Crippen LogP contribution in [-0.2, 0) is 9.53 Å². The highest BCUT2D eigenvalue weighted by Crippen LogP contribution is 2.21. The molecule has 1 heterocycles. The SMILES string of the molecule is O=C1OC(c2ccccc2)=N/C1=C/c1ccc(OCCOc2ccc(Br)cc2)cc1. The van der Waals surface area contributed by atoms with Crippen LogP contribution in [0, 0.1) is 0 Å². The molecule has 3 aromatic rings. The molecule has 5 nitrogen and oxygen atoms in total. The Bertz CT molecular complexity index is 1070. The maximum Gasteiger partial charge on any atom is 0.363 e. The minimum Gasteiger partial charge on any atom is -0.490 e. The van der Waals surface area contributed by atoms with Crippen molar-refractivity contribution >= 4 is 33.9 Å². The van der Waals surface area contributed by atoms with Gasteiger partial charge in [-0.1, -0.05) is 46.3 Å². The van der Waals surface area contributed by atoms with Crippen LogP contribution in [0.5, 0.6) is 11.5 Å². The first-order chi connectivity index (χ1) is 14.7. The van der Waals surface area contributed by atoms with Crippen LogP contribution in [0.1, 0.15) is 11.1 Å². The minimum atomic E-state index is -0.459. The average molecular weight is 464 g/mol. The van der Waals surface area contributed by atoms with E-state index in [4.69, 9.17) is 14.2 Å². The number of benzene rings is 3. The van der Waals surface area contributed by atoms with E-state index in [0.29, 0.717) is 19.1 Å². The van der Waals surface area contributed by atoms with Crippen LogP contribution < -0.4 is 9.47 Å². The summed E-state index contributed by atoms with van der Waals surface area (Å²) >= 11 is 3.39. The van der Waals surface area contributed by atoms with Crippen molar-refractivity contribution in [3.63, 3.8) is 0 Å². The van der Waals surface area contributed by atoms with Gasteiger partial charge in [0.25, 0.3) is 0 Å². The molecule has 0 saturated carbocycles. The van der Waals surface area contributed by atoms with Crippen LogP contribution >= 0.6 is 15.9 Å². The topological polar surface area (TPSA) is 57.1 Å². The molecule has 0 spiro atoms. The van der Waals surface area contributed by atoms with Gasteiger partial charge in [0.1, 0.15) is 24.7 Å². The Balaban J connectivity index is 1.32. The quantitative estimate of drug-likeness (QED) is 0.272. The highest BCUT2D eigenvalue weighted by Gasteiger charge is 2.23. The van der Waals surface area contributed by atoms with Gasteiger partial charge in [-0.15, -0.1) is 0 Å². The van der Waals surface area contributed by atoms with Gasteiger partial charge in [0.05, 0.1) is 0 Å². The van der Waals surface area contributed by atoms with Gasteiger partial charge in [-0.3, -0.25) is 0 Å². The molecule has 0 bridgehead atoms. The van der Waals surface area contributed by atoms with E-state index in [1.54, 1.807) is 6.08 Å². The number of carbonyl (C=O) groups excluding carboxylic acids is 1. The zero-order chi connectivity index (χ0) is 20.8. The van der Waals surface area contributed by atoms with Gasteiger partial charge in [-0.25, -0.2) is 9.79 Å². The summed E-state index contributed by atoms with van der Waals surface area (Å²) in [6.45, 7) is 0.865. The predicted molar refractivity (Wildman–Crippen MR) is 119 cm³/mol. The van der Waals surface area contributed by atoms with E-state index in [2.05, 4.69) is 20.9 Å². The molecule has 30 heavy (non-hydrogen) atoms. The van der Waals surface area contributed by atoms with Crippen molar-refractivity contribution < 1.29 is 19.0 Å². The number of carbonyl (C=O) groups is 1. The van der Waals surface area contributed by atoms with Gasteiger partial charge in [-0.2, -0.15) is 0 Å². The van der Waals surface area contributed by atoms with Crippen molar-refractivity contribution in [3.8, 4) is 11.5 Å². The maximum absolute atomic E-state index is 12.1. The van der Waals surface area contributed by atoms with E-state index in [1.807, 2.05) is 78.9 Å². The fraction of sp³-hybridized carbons (Fsp3) is 0.0833. The van der Waals surface area contributed by atoms with E-state index in [0.717, 1.165) is 27.1 Å². The Labute approximate surface area is 182 Å². The molecule has 0 aliphatic carbocycles. The predicted octanol–water partition coefficient (Wildman–Crippen LogP) is 5.25. The fourth-order valence-electron chi connectivity index (χ4n) is 2.78. The highest BCUT2D eigenvalue weighted by atomic mass is 79.9. The van der Waals surface area contributed by atoms with Gasteiger partial charge in [0.2, 0.25) is 5.90 Å². The summed E-state index contributed by atoms with van der Waals surface area (Å²) < 4.78 is 17.6. The number of hydrogen-bond acceptors (Lipinski definition) is 5. The van der Waals surface area contributed by atoms with Crippen LogP contribution in [0.4, 0.5) is 0 Å². The van der Waals surface area contributed by atoms with Crippen LogP contribution in [0.3, 0.4) is 0 Å². The van der Waals surface area contributed by atoms with Crippen molar-refractivity contribution in [2.45, 2.75) is 0 Å². The lowest BCUT2D eigenvalue weighted by Crippen LogP contribution is -2.08. The van der Waals surface area contributed by atoms with Crippen LogP contribution in [-0.4, -0.2) is 25.1 Å². The van der Waals surface area contributed by atoms with Crippen LogP contribution in [0.2, 0.25) is 0 Å². The largest absolute Gasteiger partial charge is 0.490 e. The molecular formula is C24H18BrNO4. The van der Waals surface area contributed by atoms with E-state index in [9.17, 15) is 4.79 Å². The molecule has 150 valence electrons. The van der Waals surface area contributed by atoms with Gasteiger partial charge < -0.3 is 14.2 Å². The number of ether oxygens (including phenoxy) is 3. The summed E-state index contributed by atoms with van der Waals surface area (Å²) in [6.07, 6.45) is 1.69. The fourth-order valence-corrected chi connectivity index (χ4v) is 3.05. The summed E-state index contributed by atoms with van der Waals surface area (Å²) in [4.78, 5) is 16.4. The van der Waals surface area contributed by atoms with Crippen molar-refractivity contribution in [3.05, 3.63) is 100 Å². The molecule has 0 aromatic heterocycles. The van der Waals surface area contributed by atoms with Crippen molar-refractivity contribution in [2.75, 3.05) is 13.2 Å². The average Bonchev–Trinajstić information content (AvgIpc) is 3.14. The van der Waals surface area contributed by atoms with Crippen molar-refractivity contribution in [2.24, 2.45) is 4.99 Å². The second-order valence-electron chi connectivity index (χ2n) is 6.42. The van der Waals surface area contributed by atoms with E-state index >= 15 is 0 Å². The van der Waals surface area contributed by atoms with Crippen LogP contribution in [0.15, 0.2) is 94.0 Å². The molecule has 0 unspecified atom stereocenters. The maximum atomic E-state index is 12.1. The third-order valence-corrected chi connectivity index (χ3v) is 4.79. The van der Waals surface area contributed by atoms with Crippen LogP contribution in [0.25, 0.3) is 6.08 Å². The zero-order valence-electron chi connectivity index (χ0n) is 16.0. The lowest BCUT2D eigenvalue weighted by Gasteiger charge is -2.08. The second-order valence-corrected chi connectivity index (χ2v) is 7.34. The number of nitrogens with zero attached hydrogens (tertiary/aromatic N) is 1. The summed E-state index contributed by atoms with van der Waals surface area (Å²) in [5.74, 6) is 1.37. The number of halogens is 1. The third-order valence-electron chi connectivity index (χ3n) is 4.26. The first-order valence-corrected chi connectivity index (χ1v) is 10.2. The summed E-state index contributed by atoms with van der Waals surface area (Å²) in [5.41, 5.74) is 1.87. The van der Waals surface area contributed by atoms with Gasteiger partial charge >= 0.3 is 5.97 Å². The Morgan fingerprint density at radius 1 is 0.833 bits per heavy atom. The van der Waals surface area contributed by atoms with E-state index in [-0.39, 0.29) is 5.70 Å². The van der Waals surface area contributed by atoms with E-state index in [1.165, 1.54) is 0 Å². The lowest BCUT2D eigenvalue weighted by molar-refractivity contribution is -0.129. The second kappa shape index (κ2) is 9.41. The normalized spacial score (nSPS) is 14.4. The zero-order valence-corrected chi connectivity index (χ0v) is 17.5. The molecule has 4 rings (SSSR count). The summed E-state index contributed by atoms with van der Waals surface area (Å²) in [7, 11) is 0. The Hall–Kier alpha value is -3.38. The molecular weight excluding hydrogens is 446 g/mol. The molecule has 0 amide bonds. The highest BCUT2D eigenvalue weighted by molar-refractivity contribution is 9.10. The first-order valence-electron chi connectivity index (χ1n) is 9.36. The Morgan fingerprint density at radius 3 is 2.07 bits per heavy atom. The first kappa shape index (κ1) is 19.9. The Morgan fingerprint density at radius 2 is 1.43 bits per heavy atom. The minimum absolute atomic E-state index is 0.269. The van der Waals surface area contributed by atoms with Gasteiger partial charge in [0.15, 0.2) is 5.70 Å². The summed E-state index contributed by atoms with van der Waals surface area (Å²) in [6, 6.07) is 24.4. The number of rotatable bonds is 7. The number of esters is 1. The smallest absolute Gasteiger partial charge is 0.363 e. The molecule has 0 N–H and O–H groups in total. The Kier molecular flexibility index (Phi) is 6.25. The number of aliphatic imine (C=N–C) groups is 1. The van der Waals surface area contributed by atoms with Gasteiger partial charge in [-0.05, 0) is 60.2 Å². The molecule has 1 aliphatic rings. The number of cyclic esters (lactones) is 1. The van der Waals surface area contributed by atoms with E-state index < -0.39 is 5.97 Å². The monoisotopic (exact) mass is 463 g/mol. The summed E-state index contributed by atoms with van der Waals surface area (Å²) in [5, 5.41) is 0. The van der Waals surface area contributed by atoms with Crippen molar-refractivity contribution in [1.82, 2.24) is 0 Å². The molecule has 1 aliphatic heterocycles. The van der Waals surface area contributed by atoms with Gasteiger partial charge in [0, 0.05) is 10.0 Å². The molecule has 0 saturated heterocycles. The third kappa shape index (κ3) is 5.15. The number of hydrogen-bond donors (Lipinski definition) is 0. The molecule has 0 fully saturated rings. The molecule has 6 heteroatoms. The van der Waals surface area contributed by atoms with Crippen molar-refractivity contribution in [1.29, 1.82) is 0 Å². The lowest BCUT2D eigenvalue weighted by atomic mass is 10.2. The standard InChI is InChI=1S/C24H18BrNO4/c25-19-8-12-21(13-9-19)29-15-14-28-20-10-6-17(7-11-20)16-22-24(27)30-23(26-22)18-4-2-1-3-5-18/h1-13,16H,14-15H2/b22-16+. The molecule has 3 aromatic carbocycles. The molecule has 0 radical (unpaired) electrons.